The van der Waals surface area contributed by atoms with Crippen molar-refractivity contribution in [1.29, 1.82) is 0 Å². The van der Waals surface area contributed by atoms with Gasteiger partial charge >= 0.3 is 5.97 Å². The van der Waals surface area contributed by atoms with Crippen molar-refractivity contribution in [3.63, 3.8) is 0 Å². The van der Waals surface area contributed by atoms with Crippen LogP contribution in [0.5, 0.6) is 11.5 Å². The van der Waals surface area contributed by atoms with Crippen LogP contribution < -0.4 is 0 Å². The number of aliphatic hydroxyl groups is 1. The molecular formula is C23H23ClO6. The maximum absolute atomic E-state index is 13.0. The highest BCUT2D eigenvalue weighted by Crippen LogP contribution is 2.38. The van der Waals surface area contributed by atoms with Crippen LogP contribution in [0.15, 0.2) is 48.6 Å². The van der Waals surface area contributed by atoms with E-state index in [1.807, 2.05) is 30.3 Å². The molecule has 1 unspecified atom stereocenters. The van der Waals surface area contributed by atoms with E-state index in [1.54, 1.807) is 6.08 Å². The van der Waals surface area contributed by atoms with Crippen molar-refractivity contribution in [2.24, 2.45) is 0 Å². The number of allylic oxidation sites excluding steroid dienone is 2. The van der Waals surface area contributed by atoms with E-state index in [0.717, 1.165) is 11.6 Å². The number of benzene rings is 2. The number of carbonyl (C=O) groups is 2. The van der Waals surface area contributed by atoms with Crippen LogP contribution >= 0.6 is 11.6 Å². The number of aliphatic hydroxyl groups excluding tert-OH is 1. The first-order chi connectivity index (χ1) is 14.4. The van der Waals surface area contributed by atoms with Crippen LogP contribution in [-0.2, 0) is 16.0 Å². The van der Waals surface area contributed by atoms with Gasteiger partial charge < -0.3 is 20.1 Å². The van der Waals surface area contributed by atoms with Crippen molar-refractivity contribution < 1.29 is 29.6 Å². The van der Waals surface area contributed by atoms with Gasteiger partial charge in [-0.15, -0.1) is 0 Å². The van der Waals surface area contributed by atoms with Gasteiger partial charge in [0.25, 0.3) is 0 Å². The third-order valence-corrected chi connectivity index (χ3v) is 5.45. The highest BCUT2D eigenvalue weighted by Gasteiger charge is 2.27. The Kier molecular flexibility index (Phi) is 7.13. The van der Waals surface area contributed by atoms with E-state index in [1.165, 1.54) is 6.08 Å². The van der Waals surface area contributed by atoms with Gasteiger partial charge in [0.15, 0.2) is 5.78 Å². The van der Waals surface area contributed by atoms with Crippen molar-refractivity contribution in [3.05, 3.63) is 70.3 Å². The molecule has 2 aromatic rings. The van der Waals surface area contributed by atoms with Gasteiger partial charge in [0, 0.05) is 18.1 Å². The highest BCUT2D eigenvalue weighted by molar-refractivity contribution is 6.33. The molecule has 7 heteroatoms. The molecule has 3 N–H and O–H groups in total. The fourth-order valence-corrected chi connectivity index (χ4v) is 3.67. The van der Waals surface area contributed by atoms with Crippen LogP contribution in [0.3, 0.4) is 0 Å². The number of ketones is 1. The lowest BCUT2D eigenvalue weighted by atomic mass is 9.98. The molecule has 0 spiro atoms. The Morgan fingerprint density at radius 2 is 1.73 bits per heavy atom. The molecule has 0 saturated heterocycles. The molecule has 0 fully saturated rings. The van der Waals surface area contributed by atoms with Crippen molar-refractivity contribution in [3.8, 4) is 11.5 Å². The van der Waals surface area contributed by atoms with Crippen molar-refractivity contribution in [1.82, 2.24) is 0 Å². The fraction of sp³-hybridized carbons (Fsp3) is 0.304. The molecule has 158 valence electrons. The zero-order valence-electron chi connectivity index (χ0n) is 16.3. The van der Waals surface area contributed by atoms with E-state index in [9.17, 15) is 24.9 Å². The zero-order valence-corrected chi connectivity index (χ0v) is 17.0. The number of esters is 1. The minimum absolute atomic E-state index is 0.0118. The molecule has 1 aliphatic heterocycles. The summed E-state index contributed by atoms with van der Waals surface area (Å²) in [6, 6.07) is 10.0. The summed E-state index contributed by atoms with van der Waals surface area (Å²) < 4.78 is 5.69. The Balaban J connectivity index is 2.05. The standard InChI is InChI=1S/C23H23ClO6/c24-22-17-12-16(26)9-5-4-8-15(25)10-11-20(14-6-2-1-3-7-14)30-23(29)21(17)18(27)13-19(22)28/h1-3,5-7,9,13,15,20,25,27-28H,4,8,10-12H2/b9-5+/t15?,20-/m1/s1. The first-order valence-corrected chi connectivity index (χ1v) is 10.1. The molecule has 0 radical (unpaired) electrons. The Morgan fingerprint density at radius 3 is 2.47 bits per heavy atom. The van der Waals surface area contributed by atoms with Gasteiger partial charge in [0.05, 0.1) is 11.1 Å². The molecule has 3 rings (SSSR count). The second kappa shape index (κ2) is 9.78. The summed E-state index contributed by atoms with van der Waals surface area (Å²) in [4.78, 5) is 25.4. The minimum atomic E-state index is -0.860. The molecule has 1 heterocycles. The molecule has 1 aliphatic rings. The number of hydrogen-bond donors (Lipinski definition) is 3. The van der Waals surface area contributed by atoms with Gasteiger partial charge in [-0.1, -0.05) is 48.0 Å². The lowest BCUT2D eigenvalue weighted by Crippen LogP contribution is -2.17. The monoisotopic (exact) mass is 430 g/mol. The summed E-state index contributed by atoms with van der Waals surface area (Å²) in [5.41, 5.74) is 0.503. The molecule has 0 bridgehead atoms. The first kappa shape index (κ1) is 21.9. The smallest absolute Gasteiger partial charge is 0.342 e. The Hall–Kier alpha value is -2.83. The number of ether oxygens (including phenoxy) is 1. The SMILES string of the molecule is O=C1/C=C/CCC(O)CC[C@H](c2ccccc2)OC(=O)c2c(O)cc(O)c(Cl)c2C1. The molecule has 0 amide bonds. The van der Waals surface area contributed by atoms with Crippen molar-refractivity contribution in [2.75, 3.05) is 0 Å². The van der Waals surface area contributed by atoms with E-state index in [0.29, 0.717) is 25.7 Å². The molecule has 2 aromatic carbocycles. The van der Waals surface area contributed by atoms with E-state index in [2.05, 4.69) is 0 Å². The van der Waals surface area contributed by atoms with Crippen LogP contribution in [0.2, 0.25) is 5.02 Å². The van der Waals surface area contributed by atoms with E-state index < -0.39 is 29.7 Å². The minimum Gasteiger partial charge on any atom is -0.507 e. The number of phenolic OH excluding ortho intramolecular Hbond substituents is 2. The third kappa shape index (κ3) is 5.20. The van der Waals surface area contributed by atoms with E-state index in [-0.39, 0.29) is 28.4 Å². The van der Waals surface area contributed by atoms with Crippen LogP contribution in [-0.4, -0.2) is 33.2 Å². The average molecular weight is 431 g/mol. The second-order valence-corrected chi connectivity index (χ2v) is 7.62. The van der Waals surface area contributed by atoms with Gasteiger partial charge in [0.1, 0.15) is 23.2 Å². The largest absolute Gasteiger partial charge is 0.507 e. The van der Waals surface area contributed by atoms with E-state index in [4.69, 9.17) is 16.3 Å². The van der Waals surface area contributed by atoms with Crippen LogP contribution in [0.1, 0.15) is 53.3 Å². The quantitative estimate of drug-likeness (QED) is 0.584. The Bertz CT molecular complexity index is 954. The summed E-state index contributed by atoms with van der Waals surface area (Å²) in [6.45, 7) is 0. The van der Waals surface area contributed by atoms with Crippen LogP contribution in [0.25, 0.3) is 0 Å². The lowest BCUT2D eigenvalue weighted by Gasteiger charge is -2.22. The number of hydrogen-bond acceptors (Lipinski definition) is 6. The average Bonchev–Trinajstić information content (AvgIpc) is 2.72. The summed E-state index contributed by atoms with van der Waals surface area (Å²) in [5.74, 6) is -2.17. The molecule has 6 nitrogen and oxygen atoms in total. The highest BCUT2D eigenvalue weighted by atomic mass is 35.5. The predicted octanol–water partition coefficient (Wildman–Crippen LogP) is 4.25. The summed E-state index contributed by atoms with van der Waals surface area (Å²) in [6.07, 6.45) is 3.18. The first-order valence-electron chi connectivity index (χ1n) is 9.73. The van der Waals surface area contributed by atoms with Crippen LogP contribution in [0.4, 0.5) is 0 Å². The number of rotatable bonds is 1. The zero-order chi connectivity index (χ0) is 21.7. The van der Waals surface area contributed by atoms with Gasteiger partial charge in [-0.05, 0) is 37.3 Å². The maximum atomic E-state index is 13.0. The van der Waals surface area contributed by atoms with Crippen molar-refractivity contribution in [2.45, 2.75) is 44.3 Å². The molecule has 0 saturated carbocycles. The number of aromatic hydroxyl groups is 2. The number of cyclic esters (lactones) is 1. The fourth-order valence-electron chi connectivity index (χ4n) is 3.45. The van der Waals surface area contributed by atoms with Gasteiger partial charge in [-0.25, -0.2) is 4.79 Å². The summed E-state index contributed by atoms with van der Waals surface area (Å²) in [5, 5.41) is 30.4. The maximum Gasteiger partial charge on any atom is 0.342 e. The Labute approximate surface area is 179 Å². The topological polar surface area (TPSA) is 104 Å². The molecule has 0 aromatic heterocycles. The number of phenols is 2. The summed E-state index contributed by atoms with van der Waals surface area (Å²) in [7, 11) is 0. The number of carbonyl (C=O) groups excluding carboxylic acids is 2. The molecule has 2 atom stereocenters. The predicted molar refractivity (Wildman–Crippen MR) is 112 cm³/mol. The molecule has 0 aliphatic carbocycles. The molecule has 30 heavy (non-hydrogen) atoms. The van der Waals surface area contributed by atoms with E-state index >= 15 is 0 Å². The normalized spacial score (nSPS) is 21.9. The van der Waals surface area contributed by atoms with Gasteiger partial charge in [-0.3, -0.25) is 4.79 Å². The molecular weight excluding hydrogens is 408 g/mol. The third-order valence-electron chi connectivity index (χ3n) is 5.03. The van der Waals surface area contributed by atoms with Crippen LogP contribution in [0, 0.1) is 0 Å². The number of fused-ring (bicyclic) bond motifs is 1. The Morgan fingerprint density at radius 1 is 1.00 bits per heavy atom. The summed E-state index contributed by atoms with van der Waals surface area (Å²) >= 11 is 6.16. The van der Waals surface area contributed by atoms with Crippen molar-refractivity contribution >= 4 is 23.4 Å². The van der Waals surface area contributed by atoms with Gasteiger partial charge in [-0.2, -0.15) is 0 Å². The number of halogens is 1. The second-order valence-electron chi connectivity index (χ2n) is 7.24. The van der Waals surface area contributed by atoms with Gasteiger partial charge in [0.2, 0.25) is 0 Å². The lowest BCUT2D eigenvalue weighted by molar-refractivity contribution is -0.114.